The third-order valence-corrected chi connectivity index (χ3v) is 7.41. The monoisotopic (exact) mass is 493 g/mol. The molecule has 3 atom stereocenters. The Balaban J connectivity index is 1.50. The zero-order valence-corrected chi connectivity index (χ0v) is 21.4. The van der Waals surface area contributed by atoms with Crippen LogP contribution < -0.4 is 4.74 Å². The van der Waals surface area contributed by atoms with Crippen LogP contribution in [0.3, 0.4) is 0 Å². The molecule has 3 aromatic rings. The Labute approximate surface area is 217 Å². The lowest BCUT2D eigenvalue weighted by Gasteiger charge is -2.38. The van der Waals surface area contributed by atoms with Gasteiger partial charge in [0.25, 0.3) is 0 Å². The molecule has 1 saturated carbocycles. The van der Waals surface area contributed by atoms with Crippen LogP contribution in [0.1, 0.15) is 53.9 Å². The number of benzene rings is 3. The SMILES string of the molecule is COc1ccc([C@@H]2CC(=O)C3C(=NC(C)=C(C(=O)OCc4ccccc4)[C@H]3c3ccc(C)cc3)C2)cc1. The molecule has 0 bridgehead atoms. The molecular formula is C32H31NO4. The average Bonchev–Trinajstić information content (AvgIpc) is 2.92. The summed E-state index contributed by atoms with van der Waals surface area (Å²) in [5.74, 6) is -0.361. The fourth-order valence-electron chi connectivity index (χ4n) is 5.49. The number of allylic oxidation sites excluding steroid dienone is 1. The number of esters is 1. The molecule has 1 aliphatic carbocycles. The second kappa shape index (κ2) is 10.6. The van der Waals surface area contributed by atoms with Crippen molar-refractivity contribution in [3.8, 4) is 5.75 Å². The normalized spacial score (nSPS) is 21.2. The topological polar surface area (TPSA) is 65.0 Å². The highest BCUT2D eigenvalue weighted by Gasteiger charge is 2.46. The summed E-state index contributed by atoms with van der Waals surface area (Å²) in [4.78, 5) is 32.1. The molecule has 1 aliphatic heterocycles. The highest BCUT2D eigenvalue weighted by atomic mass is 16.5. The van der Waals surface area contributed by atoms with Crippen LogP contribution in [0.2, 0.25) is 0 Å². The lowest BCUT2D eigenvalue weighted by molar-refractivity contribution is -0.140. The Morgan fingerprint density at radius 1 is 0.865 bits per heavy atom. The summed E-state index contributed by atoms with van der Waals surface area (Å²) < 4.78 is 11.0. The van der Waals surface area contributed by atoms with Gasteiger partial charge in [-0.1, -0.05) is 72.3 Å². The van der Waals surface area contributed by atoms with E-state index in [-0.39, 0.29) is 18.3 Å². The first-order valence-corrected chi connectivity index (χ1v) is 12.7. The Morgan fingerprint density at radius 3 is 2.22 bits per heavy atom. The van der Waals surface area contributed by atoms with Crippen molar-refractivity contribution in [2.45, 2.75) is 45.1 Å². The molecule has 2 aliphatic rings. The number of nitrogens with zero attached hydrogens (tertiary/aromatic N) is 1. The van der Waals surface area contributed by atoms with E-state index in [2.05, 4.69) is 0 Å². The smallest absolute Gasteiger partial charge is 0.336 e. The molecule has 0 radical (unpaired) electrons. The van der Waals surface area contributed by atoms with Gasteiger partial charge in [-0.15, -0.1) is 0 Å². The number of ketones is 1. The van der Waals surface area contributed by atoms with E-state index in [1.54, 1.807) is 7.11 Å². The van der Waals surface area contributed by atoms with E-state index in [0.29, 0.717) is 24.1 Å². The van der Waals surface area contributed by atoms with Gasteiger partial charge in [0, 0.05) is 23.7 Å². The quantitative estimate of drug-likeness (QED) is 0.377. The van der Waals surface area contributed by atoms with Crippen LogP contribution in [0.5, 0.6) is 5.75 Å². The second-order valence-corrected chi connectivity index (χ2v) is 9.87. The van der Waals surface area contributed by atoms with Crippen molar-refractivity contribution in [2.75, 3.05) is 7.11 Å². The number of fused-ring (bicyclic) bond motifs is 1. The third-order valence-electron chi connectivity index (χ3n) is 7.41. The van der Waals surface area contributed by atoms with Crippen molar-refractivity contribution in [1.82, 2.24) is 0 Å². The predicted octanol–water partition coefficient (Wildman–Crippen LogP) is 6.32. The fourth-order valence-corrected chi connectivity index (χ4v) is 5.49. The van der Waals surface area contributed by atoms with Gasteiger partial charge in [-0.2, -0.15) is 0 Å². The van der Waals surface area contributed by atoms with Gasteiger partial charge in [-0.3, -0.25) is 9.79 Å². The first-order chi connectivity index (χ1) is 17.9. The number of hydrogen-bond acceptors (Lipinski definition) is 5. The summed E-state index contributed by atoms with van der Waals surface area (Å²) in [5.41, 5.74) is 6.01. The molecule has 0 spiro atoms. The van der Waals surface area contributed by atoms with Crippen LogP contribution in [0, 0.1) is 12.8 Å². The van der Waals surface area contributed by atoms with Crippen LogP contribution in [0.15, 0.2) is 95.1 Å². The third kappa shape index (κ3) is 5.12. The number of ether oxygens (including phenoxy) is 2. The summed E-state index contributed by atoms with van der Waals surface area (Å²) >= 11 is 0. The largest absolute Gasteiger partial charge is 0.497 e. The Hall–Kier alpha value is -3.99. The molecule has 5 rings (SSSR count). The zero-order valence-electron chi connectivity index (χ0n) is 21.4. The van der Waals surface area contributed by atoms with E-state index >= 15 is 0 Å². The molecule has 1 heterocycles. The Morgan fingerprint density at radius 2 is 1.54 bits per heavy atom. The molecule has 3 aromatic carbocycles. The minimum Gasteiger partial charge on any atom is -0.497 e. The van der Waals surface area contributed by atoms with E-state index in [1.807, 2.05) is 92.7 Å². The molecule has 0 N–H and O–H groups in total. The fraction of sp³-hybridized carbons (Fsp3) is 0.281. The lowest BCUT2D eigenvalue weighted by Crippen LogP contribution is -2.41. The summed E-state index contributed by atoms with van der Waals surface area (Å²) in [6.45, 7) is 4.05. The minimum atomic E-state index is -0.472. The van der Waals surface area contributed by atoms with Crippen LogP contribution in [0.4, 0.5) is 0 Å². The molecule has 0 aromatic heterocycles. The lowest BCUT2D eigenvalue weighted by atomic mass is 9.66. The zero-order chi connectivity index (χ0) is 25.9. The maximum absolute atomic E-state index is 13.8. The van der Waals surface area contributed by atoms with Gasteiger partial charge in [-0.05, 0) is 55.0 Å². The number of methoxy groups -OCH3 is 1. The van der Waals surface area contributed by atoms with E-state index < -0.39 is 17.8 Å². The Bertz CT molecular complexity index is 1350. The van der Waals surface area contributed by atoms with Crippen molar-refractivity contribution < 1.29 is 19.1 Å². The molecule has 0 amide bonds. The van der Waals surface area contributed by atoms with Crippen molar-refractivity contribution >= 4 is 17.5 Å². The first kappa shape index (κ1) is 24.7. The van der Waals surface area contributed by atoms with Gasteiger partial charge in [0.1, 0.15) is 18.1 Å². The van der Waals surface area contributed by atoms with E-state index in [1.165, 1.54) is 0 Å². The van der Waals surface area contributed by atoms with Crippen LogP contribution in [0.25, 0.3) is 0 Å². The summed E-state index contributed by atoms with van der Waals surface area (Å²) in [6.07, 6.45) is 1.08. The highest BCUT2D eigenvalue weighted by Crippen LogP contribution is 2.46. The minimum absolute atomic E-state index is 0.0476. The van der Waals surface area contributed by atoms with E-state index in [4.69, 9.17) is 14.5 Å². The number of carbonyl (C=O) groups is 2. The highest BCUT2D eigenvalue weighted by molar-refractivity contribution is 6.12. The van der Waals surface area contributed by atoms with Crippen molar-refractivity contribution in [3.63, 3.8) is 0 Å². The molecule has 5 heteroatoms. The molecule has 37 heavy (non-hydrogen) atoms. The molecular weight excluding hydrogens is 462 g/mol. The predicted molar refractivity (Wildman–Crippen MR) is 144 cm³/mol. The number of carbonyl (C=O) groups excluding carboxylic acids is 2. The Kier molecular flexibility index (Phi) is 7.04. The van der Waals surface area contributed by atoms with Crippen molar-refractivity contribution in [1.29, 1.82) is 0 Å². The maximum atomic E-state index is 13.8. The number of aliphatic imine (C=N–C) groups is 1. The maximum Gasteiger partial charge on any atom is 0.336 e. The second-order valence-electron chi connectivity index (χ2n) is 9.87. The summed E-state index contributed by atoms with van der Waals surface area (Å²) in [7, 11) is 1.64. The van der Waals surface area contributed by atoms with Gasteiger partial charge in [0.15, 0.2) is 0 Å². The summed E-state index contributed by atoms with van der Waals surface area (Å²) in [6, 6.07) is 25.6. The first-order valence-electron chi connectivity index (χ1n) is 12.7. The van der Waals surface area contributed by atoms with E-state index in [0.717, 1.165) is 33.7 Å². The van der Waals surface area contributed by atoms with Crippen molar-refractivity contribution in [2.24, 2.45) is 10.9 Å². The van der Waals surface area contributed by atoms with Gasteiger partial charge in [0.2, 0.25) is 0 Å². The molecule has 5 nitrogen and oxygen atoms in total. The number of hydrogen-bond donors (Lipinski definition) is 0. The van der Waals surface area contributed by atoms with Crippen molar-refractivity contribution in [3.05, 3.63) is 112 Å². The van der Waals surface area contributed by atoms with Crippen LogP contribution >= 0.6 is 0 Å². The van der Waals surface area contributed by atoms with Crippen LogP contribution in [-0.4, -0.2) is 24.6 Å². The number of Topliss-reactive ketones (excluding diaryl/α,β-unsaturated/α-hetero) is 1. The van der Waals surface area contributed by atoms with Gasteiger partial charge in [0.05, 0.1) is 18.6 Å². The average molecular weight is 494 g/mol. The summed E-state index contributed by atoms with van der Waals surface area (Å²) in [5, 5.41) is 0. The number of aryl methyl sites for hydroxylation is 1. The van der Waals surface area contributed by atoms with Gasteiger partial charge >= 0.3 is 5.97 Å². The van der Waals surface area contributed by atoms with Gasteiger partial charge in [-0.25, -0.2) is 4.79 Å². The van der Waals surface area contributed by atoms with Crippen LogP contribution in [-0.2, 0) is 20.9 Å². The number of rotatable bonds is 6. The molecule has 188 valence electrons. The molecule has 0 saturated heterocycles. The van der Waals surface area contributed by atoms with E-state index in [9.17, 15) is 9.59 Å². The molecule has 1 fully saturated rings. The van der Waals surface area contributed by atoms with Gasteiger partial charge < -0.3 is 9.47 Å². The standard InChI is InChI=1S/C32H31NO4/c1-20-9-11-24(12-10-20)30-29(32(35)37-19-22-7-5-4-6-8-22)21(2)33-27-17-25(18-28(34)31(27)30)23-13-15-26(36-3)16-14-23/h4-16,25,30-31H,17-19H2,1-3H3/t25-,30+,31?/m0/s1. The molecule has 1 unspecified atom stereocenters.